The molecule has 6 nitrogen and oxygen atoms in total. The highest BCUT2D eigenvalue weighted by molar-refractivity contribution is 8.01. The molecule has 0 radical (unpaired) electrons. The van der Waals surface area contributed by atoms with Gasteiger partial charge in [-0.2, -0.15) is 0 Å². The van der Waals surface area contributed by atoms with E-state index in [9.17, 15) is 27.9 Å². The van der Waals surface area contributed by atoms with Crippen molar-refractivity contribution in [3.8, 4) is 16.9 Å². The van der Waals surface area contributed by atoms with E-state index in [0.717, 1.165) is 52.1 Å². The Labute approximate surface area is 241 Å². The Morgan fingerprint density at radius 1 is 1.05 bits per heavy atom. The van der Waals surface area contributed by atoms with Gasteiger partial charge in [-0.15, -0.1) is 24.9 Å². The van der Waals surface area contributed by atoms with Gasteiger partial charge in [-0.25, -0.2) is 4.79 Å². The van der Waals surface area contributed by atoms with Crippen LogP contribution in [0.4, 0.5) is 23.7 Å². The number of likely N-dealkylation sites (N-methyl/N-ethyl adjacent to an activating group) is 1. The molecule has 2 amide bonds. The number of nitrogens with zero attached hydrogens (tertiary/aromatic N) is 1. The van der Waals surface area contributed by atoms with Gasteiger partial charge in [0.05, 0.1) is 0 Å². The second kappa shape index (κ2) is 12.5. The van der Waals surface area contributed by atoms with Crippen LogP contribution in [-0.2, 0) is 17.6 Å². The maximum absolute atomic E-state index is 13.2. The van der Waals surface area contributed by atoms with Gasteiger partial charge in [0, 0.05) is 23.2 Å². The SMILES string of the molecule is CCN(C(=O)Nc1ccc(OC(F)(F)F)cc1)C1CCc2cc(SC(C)(CC)C(=O)O)c(-c3ccccc3)cc2C1. The van der Waals surface area contributed by atoms with Crippen LogP contribution in [0.15, 0.2) is 71.6 Å². The average molecular weight is 587 g/mol. The first-order valence-corrected chi connectivity index (χ1v) is 14.3. The third kappa shape index (κ3) is 7.35. The summed E-state index contributed by atoms with van der Waals surface area (Å²) in [6, 6.07) is 18.7. The minimum atomic E-state index is -4.78. The lowest BCUT2D eigenvalue weighted by Gasteiger charge is -2.35. The predicted molar refractivity (Wildman–Crippen MR) is 154 cm³/mol. The van der Waals surface area contributed by atoms with Crippen LogP contribution in [0.3, 0.4) is 0 Å². The number of carbonyl (C=O) groups is 2. The van der Waals surface area contributed by atoms with E-state index in [1.807, 2.05) is 44.2 Å². The van der Waals surface area contributed by atoms with Crippen molar-refractivity contribution in [3.05, 3.63) is 77.9 Å². The van der Waals surface area contributed by atoms with E-state index in [1.165, 1.54) is 23.9 Å². The van der Waals surface area contributed by atoms with E-state index >= 15 is 0 Å². The van der Waals surface area contributed by atoms with Crippen LogP contribution < -0.4 is 10.1 Å². The first-order chi connectivity index (χ1) is 19.4. The van der Waals surface area contributed by atoms with Crippen molar-refractivity contribution in [2.24, 2.45) is 0 Å². The third-order valence-corrected chi connectivity index (χ3v) is 8.90. The number of ether oxygens (including phenoxy) is 1. The Bertz CT molecular complexity index is 1380. The predicted octanol–water partition coefficient (Wildman–Crippen LogP) is 8.01. The fraction of sp³-hybridized carbons (Fsp3) is 0.355. The molecule has 218 valence electrons. The zero-order chi connectivity index (χ0) is 29.8. The molecule has 1 aliphatic rings. The largest absolute Gasteiger partial charge is 0.573 e. The molecule has 10 heteroatoms. The molecule has 2 atom stereocenters. The number of aliphatic carboxylic acids is 1. The summed E-state index contributed by atoms with van der Waals surface area (Å²) in [5, 5.41) is 12.7. The first-order valence-electron chi connectivity index (χ1n) is 13.5. The standard InChI is InChI=1S/C31H33F3N2O4S/c1-4-30(3,28(37)38)41-27-19-21-11-14-24(17-22(21)18-26(27)20-9-7-6-8-10-20)36(5-2)29(39)35-23-12-15-25(16-13-23)40-31(32,33)34/h6-10,12-13,15-16,18-19,24H,4-5,11,14,17H2,1-3H3,(H,35,39)(H,37,38). The average Bonchev–Trinajstić information content (AvgIpc) is 2.93. The van der Waals surface area contributed by atoms with E-state index in [4.69, 9.17) is 0 Å². The Hall–Kier alpha value is -3.66. The van der Waals surface area contributed by atoms with Crippen LogP contribution >= 0.6 is 11.8 Å². The summed E-state index contributed by atoms with van der Waals surface area (Å²) in [6.45, 7) is 5.97. The van der Waals surface area contributed by atoms with Crippen LogP contribution in [0.1, 0.15) is 44.7 Å². The molecule has 0 spiro atoms. The number of halogens is 3. The highest BCUT2D eigenvalue weighted by Crippen LogP contribution is 2.43. The van der Waals surface area contributed by atoms with Gasteiger partial charge in [-0.1, -0.05) is 37.3 Å². The molecular formula is C31H33F3N2O4S. The Morgan fingerprint density at radius 3 is 2.32 bits per heavy atom. The fourth-order valence-corrected chi connectivity index (χ4v) is 6.18. The summed E-state index contributed by atoms with van der Waals surface area (Å²) in [7, 11) is 0. The number of anilines is 1. The Kier molecular flexibility index (Phi) is 9.21. The van der Waals surface area contributed by atoms with E-state index in [1.54, 1.807) is 11.8 Å². The molecule has 0 aromatic heterocycles. The molecule has 4 rings (SSSR count). The summed E-state index contributed by atoms with van der Waals surface area (Å²) < 4.78 is 40.3. The Balaban J connectivity index is 1.56. The number of benzene rings is 3. The summed E-state index contributed by atoms with van der Waals surface area (Å²) in [6.07, 6.45) is -2.23. The number of aryl methyl sites for hydroxylation is 1. The third-order valence-electron chi connectivity index (χ3n) is 7.43. The zero-order valence-electron chi connectivity index (χ0n) is 23.1. The number of amides is 2. The number of fused-ring (bicyclic) bond motifs is 1. The number of carboxylic acid groups (broad SMARTS) is 1. The summed E-state index contributed by atoms with van der Waals surface area (Å²) in [5.41, 5.74) is 4.57. The second-order valence-electron chi connectivity index (χ2n) is 10.2. The number of carbonyl (C=O) groups excluding carboxylic acids is 1. The molecule has 41 heavy (non-hydrogen) atoms. The monoisotopic (exact) mass is 586 g/mol. The quantitative estimate of drug-likeness (QED) is 0.248. The molecular weight excluding hydrogens is 553 g/mol. The molecule has 2 unspecified atom stereocenters. The maximum Gasteiger partial charge on any atom is 0.573 e. The lowest BCUT2D eigenvalue weighted by molar-refractivity contribution is -0.274. The number of urea groups is 1. The summed E-state index contributed by atoms with van der Waals surface area (Å²) in [4.78, 5) is 28.0. The molecule has 2 N–H and O–H groups in total. The number of alkyl halides is 3. The van der Waals surface area contributed by atoms with Crippen LogP contribution in [0.25, 0.3) is 11.1 Å². The van der Waals surface area contributed by atoms with Crippen molar-refractivity contribution >= 4 is 29.4 Å². The van der Waals surface area contributed by atoms with Gasteiger partial charge in [0.15, 0.2) is 0 Å². The number of hydrogen-bond acceptors (Lipinski definition) is 4. The van der Waals surface area contributed by atoms with E-state index in [-0.39, 0.29) is 17.8 Å². The second-order valence-corrected chi connectivity index (χ2v) is 11.7. The zero-order valence-corrected chi connectivity index (χ0v) is 23.9. The van der Waals surface area contributed by atoms with Crippen molar-refractivity contribution in [2.45, 2.75) is 68.5 Å². The van der Waals surface area contributed by atoms with Crippen LogP contribution in [0.5, 0.6) is 5.75 Å². The Morgan fingerprint density at radius 2 is 1.73 bits per heavy atom. The maximum atomic E-state index is 13.2. The van der Waals surface area contributed by atoms with Crippen molar-refractivity contribution in [2.75, 3.05) is 11.9 Å². The minimum absolute atomic E-state index is 0.0811. The van der Waals surface area contributed by atoms with Crippen LogP contribution in [0, 0.1) is 0 Å². The molecule has 3 aromatic rings. The lowest BCUT2D eigenvalue weighted by atomic mass is 9.85. The molecule has 3 aromatic carbocycles. The topological polar surface area (TPSA) is 78.9 Å². The van der Waals surface area contributed by atoms with Gasteiger partial charge in [0.2, 0.25) is 0 Å². The molecule has 0 aliphatic heterocycles. The molecule has 0 fully saturated rings. The highest BCUT2D eigenvalue weighted by Gasteiger charge is 2.35. The van der Waals surface area contributed by atoms with Crippen molar-refractivity contribution in [1.82, 2.24) is 4.90 Å². The van der Waals surface area contributed by atoms with Gasteiger partial charge in [-0.05, 0) is 98.2 Å². The number of thioether (sulfide) groups is 1. The van der Waals surface area contributed by atoms with E-state index in [0.29, 0.717) is 25.1 Å². The first kappa shape index (κ1) is 30.3. The van der Waals surface area contributed by atoms with Crippen LogP contribution in [-0.4, -0.2) is 45.7 Å². The van der Waals surface area contributed by atoms with Crippen molar-refractivity contribution in [3.63, 3.8) is 0 Å². The van der Waals surface area contributed by atoms with Crippen molar-refractivity contribution in [1.29, 1.82) is 0 Å². The summed E-state index contributed by atoms with van der Waals surface area (Å²) in [5.74, 6) is -1.21. The molecule has 1 aliphatic carbocycles. The van der Waals surface area contributed by atoms with Gasteiger partial charge in [0.1, 0.15) is 10.5 Å². The van der Waals surface area contributed by atoms with Crippen LogP contribution in [0.2, 0.25) is 0 Å². The number of carboxylic acids is 1. The summed E-state index contributed by atoms with van der Waals surface area (Å²) >= 11 is 1.37. The number of rotatable bonds is 9. The molecule has 0 heterocycles. The van der Waals surface area contributed by atoms with E-state index in [2.05, 4.69) is 22.2 Å². The number of nitrogens with one attached hydrogen (secondary N) is 1. The van der Waals surface area contributed by atoms with Gasteiger partial charge < -0.3 is 20.1 Å². The lowest BCUT2D eigenvalue weighted by Crippen LogP contribution is -2.45. The molecule has 0 bridgehead atoms. The van der Waals surface area contributed by atoms with Crippen molar-refractivity contribution < 1.29 is 32.6 Å². The van der Waals surface area contributed by atoms with Gasteiger partial charge >= 0.3 is 18.4 Å². The van der Waals surface area contributed by atoms with E-state index < -0.39 is 17.1 Å². The molecule has 0 saturated heterocycles. The smallest absolute Gasteiger partial charge is 0.480 e. The van der Waals surface area contributed by atoms with Gasteiger partial charge in [0.25, 0.3) is 0 Å². The van der Waals surface area contributed by atoms with Gasteiger partial charge in [-0.3, -0.25) is 4.79 Å². The minimum Gasteiger partial charge on any atom is -0.480 e. The molecule has 0 saturated carbocycles. The fourth-order valence-electron chi connectivity index (χ4n) is 4.97. The normalized spacial score (nSPS) is 16.3. The highest BCUT2D eigenvalue weighted by atomic mass is 32.2. The number of hydrogen-bond donors (Lipinski definition) is 2.